The number of amides is 4. The highest BCUT2D eigenvalue weighted by atomic mass is 16.5. The van der Waals surface area contributed by atoms with Gasteiger partial charge in [0.05, 0.1) is 33.4 Å². The summed E-state index contributed by atoms with van der Waals surface area (Å²) in [5.41, 5.74) is 2.49. The second-order valence-electron chi connectivity index (χ2n) is 13.2. The van der Waals surface area contributed by atoms with Gasteiger partial charge in [-0.25, -0.2) is 9.59 Å². The zero-order chi connectivity index (χ0) is 39.7. The number of nitrogens with zero attached hydrogens (tertiary/aromatic N) is 2. The molecule has 0 unspecified atom stereocenters. The summed E-state index contributed by atoms with van der Waals surface area (Å²) in [6.45, 7) is 9.20. The van der Waals surface area contributed by atoms with E-state index in [-0.39, 0.29) is 58.0 Å². The van der Waals surface area contributed by atoms with E-state index in [0.717, 1.165) is 27.2 Å². The van der Waals surface area contributed by atoms with Crippen molar-refractivity contribution in [3.63, 3.8) is 0 Å². The molecule has 0 aliphatic carbocycles. The number of hydrogen-bond donors (Lipinski definition) is 0. The van der Waals surface area contributed by atoms with Crippen molar-refractivity contribution in [3.05, 3.63) is 190 Å². The Balaban J connectivity index is 1.13. The van der Waals surface area contributed by atoms with Crippen LogP contribution < -0.4 is 9.47 Å². The van der Waals surface area contributed by atoms with Crippen molar-refractivity contribution >= 4 is 41.9 Å². The van der Waals surface area contributed by atoms with Crippen LogP contribution >= 0.6 is 0 Å². The van der Waals surface area contributed by atoms with Crippen LogP contribution in [-0.2, 0) is 5.41 Å². The monoisotopic (exact) mass is 744 g/mol. The van der Waals surface area contributed by atoms with E-state index < -0.39 is 41.0 Å². The molecule has 5 aromatic carbocycles. The van der Waals surface area contributed by atoms with Gasteiger partial charge in [-0.05, 0) is 84.3 Å². The van der Waals surface area contributed by atoms with E-state index in [1.807, 2.05) is 19.1 Å². The molecule has 0 bridgehead atoms. The fraction of sp³-hybridized carbons (Fsp3) is 0.0889. The number of rotatable bonds is 12. The molecule has 11 heteroatoms. The van der Waals surface area contributed by atoms with Crippen molar-refractivity contribution in [2.24, 2.45) is 0 Å². The number of esters is 2. The van der Waals surface area contributed by atoms with Crippen LogP contribution in [0.1, 0.15) is 96.1 Å². The Morgan fingerprint density at radius 2 is 1.00 bits per heavy atom. The van der Waals surface area contributed by atoms with Crippen molar-refractivity contribution in [2.75, 3.05) is 13.1 Å². The van der Waals surface area contributed by atoms with Gasteiger partial charge in [0.15, 0.2) is 0 Å². The molecule has 276 valence electrons. The third-order valence-corrected chi connectivity index (χ3v) is 9.95. The third-order valence-electron chi connectivity index (χ3n) is 9.95. The predicted octanol–water partition coefficient (Wildman–Crippen LogP) is 6.86. The standard InChI is InChI=1S/C45H32N2O9/c1-4-22-46-39(49)34-20-10-27(24-36(34)41(46)51)43(53)55-32-16-12-30(13-17-32)45(3,38-9-7-6-8-29(38)26-48)31-14-18-33(19-15-31)56-44(54)28-11-21-35-37(25-28)42(52)47(23-5-2)40(35)50/h4-21,24-26H,1-2,22-23H2,3H3. The Bertz CT molecular complexity index is 2370. The SMILES string of the molecule is C=CCN1C(=O)c2ccc(C(=O)Oc3ccc(C(C)(c4ccc(OC(=O)c5ccc6c(c5)C(=O)N(CC=C)C6=O)cc4)c4ccccc4C=O)cc3)cc2C1=O. The van der Waals surface area contributed by atoms with Crippen LogP contribution in [0.2, 0.25) is 0 Å². The van der Waals surface area contributed by atoms with E-state index in [9.17, 15) is 33.6 Å². The second-order valence-corrected chi connectivity index (χ2v) is 13.2. The number of carbonyl (C=O) groups excluding carboxylic acids is 7. The minimum atomic E-state index is -0.934. The summed E-state index contributed by atoms with van der Waals surface area (Å²) in [7, 11) is 0. The van der Waals surface area contributed by atoms with Crippen LogP contribution in [0.4, 0.5) is 0 Å². The van der Waals surface area contributed by atoms with E-state index in [2.05, 4.69) is 13.2 Å². The zero-order valence-electron chi connectivity index (χ0n) is 30.0. The van der Waals surface area contributed by atoms with Gasteiger partial charge in [0.2, 0.25) is 0 Å². The first-order valence-electron chi connectivity index (χ1n) is 17.4. The van der Waals surface area contributed by atoms with Gasteiger partial charge in [-0.3, -0.25) is 33.8 Å². The molecule has 5 aromatic rings. The minimum Gasteiger partial charge on any atom is -0.423 e. The van der Waals surface area contributed by atoms with Gasteiger partial charge in [-0.2, -0.15) is 0 Å². The molecule has 0 saturated heterocycles. The average Bonchev–Trinajstić information content (AvgIpc) is 3.60. The lowest BCUT2D eigenvalue weighted by atomic mass is 9.69. The van der Waals surface area contributed by atoms with Gasteiger partial charge in [0, 0.05) is 24.1 Å². The Morgan fingerprint density at radius 3 is 1.41 bits per heavy atom. The number of ether oxygens (including phenoxy) is 2. The molecule has 0 fully saturated rings. The van der Waals surface area contributed by atoms with E-state index in [0.29, 0.717) is 11.1 Å². The molecule has 0 N–H and O–H groups in total. The zero-order valence-corrected chi connectivity index (χ0v) is 30.0. The highest BCUT2D eigenvalue weighted by molar-refractivity contribution is 6.23. The highest BCUT2D eigenvalue weighted by Gasteiger charge is 2.37. The first-order chi connectivity index (χ1) is 27.0. The minimum absolute atomic E-state index is 0.0487. The number of carbonyl (C=O) groups is 7. The van der Waals surface area contributed by atoms with Gasteiger partial charge < -0.3 is 9.47 Å². The molecule has 11 nitrogen and oxygen atoms in total. The lowest BCUT2D eigenvalue weighted by Gasteiger charge is -2.33. The summed E-state index contributed by atoms with van der Waals surface area (Å²) >= 11 is 0. The topological polar surface area (TPSA) is 144 Å². The van der Waals surface area contributed by atoms with Crippen LogP contribution in [-0.4, -0.2) is 64.7 Å². The second kappa shape index (κ2) is 14.7. The molecule has 0 aromatic heterocycles. The lowest BCUT2D eigenvalue weighted by molar-refractivity contribution is 0.0656. The molecule has 2 heterocycles. The van der Waals surface area contributed by atoms with E-state index in [4.69, 9.17) is 9.47 Å². The van der Waals surface area contributed by atoms with Gasteiger partial charge >= 0.3 is 11.9 Å². The lowest BCUT2D eigenvalue weighted by Crippen LogP contribution is -2.29. The van der Waals surface area contributed by atoms with Crippen LogP contribution in [0.5, 0.6) is 11.5 Å². The maximum Gasteiger partial charge on any atom is 0.343 e. The number of imide groups is 2. The van der Waals surface area contributed by atoms with Crippen molar-refractivity contribution in [1.82, 2.24) is 9.80 Å². The summed E-state index contributed by atoms with van der Waals surface area (Å²) in [6, 6.07) is 29.1. The van der Waals surface area contributed by atoms with E-state index in [1.165, 1.54) is 48.6 Å². The van der Waals surface area contributed by atoms with Crippen LogP contribution in [0.3, 0.4) is 0 Å². The van der Waals surface area contributed by atoms with Gasteiger partial charge in [0.1, 0.15) is 17.8 Å². The third kappa shape index (κ3) is 6.30. The van der Waals surface area contributed by atoms with Crippen molar-refractivity contribution in [3.8, 4) is 11.5 Å². The fourth-order valence-corrected chi connectivity index (χ4v) is 7.00. The quantitative estimate of drug-likeness (QED) is 0.0334. The van der Waals surface area contributed by atoms with Crippen molar-refractivity contribution < 1.29 is 43.0 Å². The Hall–Kier alpha value is -7.53. The molecule has 0 saturated carbocycles. The summed E-state index contributed by atoms with van der Waals surface area (Å²) in [6.07, 6.45) is 3.67. The average molecular weight is 745 g/mol. The fourth-order valence-electron chi connectivity index (χ4n) is 7.00. The number of fused-ring (bicyclic) bond motifs is 2. The molecule has 2 aliphatic rings. The first kappa shape index (κ1) is 36.8. The normalized spacial score (nSPS) is 13.3. The largest absolute Gasteiger partial charge is 0.423 e. The summed E-state index contributed by atoms with van der Waals surface area (Å²) in [4.78, 5) is 91.5. The van der Waals surface area contributed by atoms with Crippen LogP contribution in [0.25, 0.3) is 0 Å². The number of aldehydes is 1. The molecule has 4 amide bonds. The predicted molar refractivity (Wildman–Crippen MR) is 204 cm³/mol. The van der Waals surface area contributed by atoms with Gasteiger partial charge in [-0.1, -0.05) is 60.7 Å². The first-order valence-corrected chi connectivity index (χ1v) is 17.4. The summed E-state index contributed by atoms with van der Waals surface area (Å²) < 4.78 is 11.3. The van der Waals surface area contributed by atoms with Crippen LogP contribution in [0, 0.1) is 0 Å². The van der Waals surface area contributed by atoms with E-state index in [1.54, 1.807) is 60.7 Å². The Labute approximate surface area is 321 Å². The molecule has 0 spiro atoms. The number of hydrogen-bond acceptors (Lipinski definition) is 9. The summed E-state index contributed by atoms with van der Waals surface area (Å²) in [5, 5.41) is 0. The Morgan fingerprint density at radius 1 is 0.589 bits per heavy atom. The maximum absolute atomic E-state index is 13.2. The van der Waals surface area contributed by atoms with Gasteiger partial charge in [0.25, 0.3) is 23.6 Å². The molecule has 7 rings (SSSR count). The Kier molecular flexibility index (Phi) is 9.67. The molecule has 2 aliphatic heterocycles. The molecular formula is C45H32N2O9. The summed E-state index contributed by atoms with van der Waals surface area (Å²) in [5.74, 6) is -2.97. The number of benzene rings is 5. The molecule has 56 heavy (non-hydrogen) atoms. The van der Waals surface area contributed by atoms with E-state index >= 15 is 0 Å². The van der Waals surface area contributed by atoms with Crippen molar-refractivity contribution in [1.29, 1.82) is 0 Å². The maximum atomic E-state index is 13.2. The molecular weight excluding hydrogens is 712 g/mol. The molecule has 0 radical (unpaired) electrons. The van der Waals surface area contributed by atoms with Crippen LogP contribution in [0.15, 0.2) is 135 Å². The van der Waals surface area contributed by atoms with Crippen molar-refractivity contribution in [2.45, 2.75) is 12.3 Å². The highest BCUT2D eigenvalue weighted by Crippen LogP contribution is 2.41. The van der Waals surface area contributed by atoms with Gasteiger partial charge in [-0.15, -0.1) is 13.2 Å². The smallest absolute Gasteiger partial charge is 0.343 e. The molecule has 0 atom stereocenters.